The highest BCUT2D eigenvalue weighted by Gasteiger charge is 2.28. The van der Waals surface area contributed by atoms with E-state index in [1.54, 1.807) is 0 Å². The van der Waals surface area contributed by atoms with E-state index in [0.717, 1.165) is 41.8 Å². The van der Waals surface area contributed by atoms with Gasteiger partial charge in [0.1, 0.15) is 5.82 Å². The monoisotopic (exact) mass is 339 g/mol. The maximum atomic E-state index is 4.67. The topological polar surface area (TPSA) is 28.2 Å². The quantitative estimate of drug-likeness (QED) is 0.907. The van der Waals surface area contributed by atoms with Gasteiger partial charge in [0.05, 0.1) is 0 Å². The summed E-state index contributed by atoms with van der Waals surface area (Å²) in [4.78, 5) is 7.10. The number of hydrogen-bond donors (Lipinski definition) is 1. The minimum Gasteiger partial charge on any atom is -0.356 e. The van der Waals surface area contributed by atoms with Crippen molar-refractivity contribution in [3.63, 3.8) is 0 Å². The second-order valence-electron chi connectivity index (χ2n) is 7.10. The molecule has 4 heteroatoms. The first-order valence-electron chi connectivity index (χ1n) is 7.40. The molecule has 1 fully saturated rings. The molecule has 0 saturated carbocycles. The van der Waals surface area contributed by atoms with Gasteiger partial charge in [0.2, 0.25) is 0 Å². The van der Waals surface area contributed by atoms with E-state index in [2.05, 4.69) is 71.8 Å². The molecule has 1 N–H and O–H groups in total. The van der Waals surface area contributed by atoms with Crippen LogP contribution in [-0.4, -0.2) is 23.6 Å². The molecule has 2 atom stereocenters. The molecule has 0 aliphatic carbocycles. The molecule has 20 heavy (non-hydrogen) atoms. The van der Waals surface area contributed by atoms with Crippen LogP contribution < -0.4 is 10.2 Å². The van der Waals surface area contributed by atoms with Gasteiger partial charge in [-0.2, -0.15) is 0 Å². The fraction of sp³-hybridized carbons (Fsp3) is 0.688. The van der Waals surface area contributed by atoms with E-state index < -0.39 is 0 Å². The average Bonchev–Trinajstić information content (AvgIpc) is 2.66. The van der Waals surface area contributed by atoms with Crippen LogP contribution in [0.3, 0.4) is 0 Å². The second kappa shape index (κ2) is 6.02. The number of halogens is 1. The smallest absolute Gasteiger partial charge is 0.133 e. The zero-order valence-corrected chi connectivity index (χ0v) is 14.8. The van der Waals surface area contributed by atoms with Crippen molar-refractivity contribution in [2.24, 2.45) is 11.8 Å². The van der Waals surface area contributed by atoms with Gasteiger partial charge in [-0.05, 0) is 54.6 Å². The summed E-state index contributed by atoms with van der Waals surface area (Å²) in [5.41, 5.74) is 1.39. The number of rotatable bonds is 3. The van der Waals surface area contributed by atoms with Gasteiger partial charge in [-0.25, -0.2) is 4.98 Å². The SMILES string of the molecule is CC1CN(c2ncc(Br)cc2CNC(C)(C)C)CC1C. The maximum absolute atomic E-state index is 4.67. The number of nitrogens with zero attached hydrogens (tertiary/aromatic N) is 2. The lowest BCUT2D eigenvalue weighted by Gasteiger charge is -2.25. The summed E-state index contributed by atoms with van der Waals surface area (Å²) in [6.45, 7) is 14.3. The highest BCUT2D eigenvalue weighted by molar-refractivity contribution is 9.10. The van der Waals surface area contributed by atoms with Crippen LogP contribution in [0, 0.1) is 11.8 Å². The fourth-order valence-electron chi connectivity index (χ4n) is 2.55. The van der Waals surface area contributed by atoms with Gasteiger partial charge in [-0.15, -0.1) is 0 Å². The Morgan fingerprint density at radius 2 is 1.90 bits per heavy atom. The Kier molecular flexibility index (Phi) is 4.75. The van der Waals surface area contributed by atoms with E-state index in [1.807, 2.05) is 6.20 Å². The fourth-order valence-corrected chi connectivity index (χ4v) is 2.93. The lowest BCUT2D eigenvalue weighted by atomic mass is 10.0. The van der Waals surface area contributed by atoms with Gasteiger partial charge in [0.15, 0.2) is 0 Å². The molecule has 0 bridgehead atoms. The van der Waals surface area contributed by atoms with E-state index in [0.29, 0.717) is 0 Å². The van der Waals surface area contributed by atoms with Crippen LogP contribution in [0.2, 0.25) is 0 Å². The predicted octanol–water partition coefficient (Wildman–Crippen LogP) is 3.82. The highest BCUT2D eigenvalue weighted by Crippen LogP contribution is 2.30. The lowest BCUT2D eigenvalue weighted by molar-refractivity contribution is 0.424. The molecule has 1 aliphatic rings. The minimum atomic E-state index is 0.116. The van der Waals surface area contributed by atoms with Crippen molar-refractivity contribution in [2.45, 2.75) is 46.7 Å². The lowest BCUT2D eigenvalue weighted by Crippen LogP contribution is -2.35. The Hall–Kier alpha value is -0.610. The first-order valence-corrected chi connectivity index (χ1v) is 8.20. The normalized spacial score (nSPS) is 23.4. The molecule has 2 heterocycles. The third-order valence-corrected chi connectivity index (χ3v) is 4.44. The summed E-state index contributed by atoms with van der Waals surface area (Å²) >= 11 is 3.54. The number of anilines is 1. The summed E-state index contributed by atoms with van der Waals surface area (Å²) in [6, 6.07) is 2.19. The Labute approximate surface area is 131 Å². The number of aromatic nitrogens is 1. The average molecular weight is 340 g/mol. The van der Waals surface area contributed by atoms with Crippen LogP contribution in [0.25, 0.3) is 0 Å². The number of pyridine rings is 1. The minimum absolute atomic E-state index is 0.116. The summed E-state index contributed by atoms with van der Waals surface area (Å²) in [5.74, 6) is 2.62. The molecule has 0 aromatic carbocycles. The van der Waals surface area contributed by atoms with Crippen molar-refractivity contribution < 1.29 is 0 Å². The molecule has 0 radical (unpaired) electrons. The summed E-state index contributed by atoms with van der Waals surface area (Å²) in [5, 5.41) is 3.56. The molecular formula is C16H26BrN3. The van der Waals surface area contributed by atoms with Gasteiger partial charge >= 0.3 is 0 Å². The molecule has 2 unspecified atom stereocenters. The largest absolute Gasteiger partial charge is 0.356 e. The molecule has 3 nitrogen and oxygen atoms in total. The Bertz CT molecular complexity index is 457. The third-order valence-electron chi connectivity index (χ3n) is 4.01. The van der Waals surface area contributed by atoms with Gasteiger partial charge in [0.25, 0.3) is 0 Å². The van der Waals surface area contributed by atoms with E-state index in [9.17, 15) is 0 Å². The summed E-state index contributed by atoms with van der Waals surface area (Å²) < 4.78 is 1.05. The Balaban J connectivity index is 2.20. The third kappa shape index (κ3) is 3.95. The van der Waals surface area contributed by atoms with Crippen LogP contribution >= 0.6 is 15.9 Å². The van der Waals surface area contributed by atoms with Gasteiger partial charge in [-0.1, -0.05) is 13.8 Å². The van der Waals surface area contributed by atoms with Crippen molar-refractivity contribution in [1.82, 2.24) is 10.3 Å². The summed E-state index contributed by atoms with van der Waals surface area (Å²) in [7, 11) is 0. The molecule has 112 valence electrons. The van der Waals surface area contributed by atoms with Crippen molar-refractivity contribution in [3.05, 3.63) is 22.3 Å². The van der Waals surface area contributed by atoms with Gasteiger partial charge < -0.3 is 10.2 Å². The molecule has 1 aromatic rings. The van der Waals surface area contributed by atoms with Crippen molar-refractivity contribution in [2.75, 3.05) is 18.0 Å². The van der Waals surface area contributed by atoms with E-state index in [1.165, 1.54) is 5.56 Å². The van der Waals surface area contributed by atoms with Gasteiger partial charge in [0, 0.05) is 41.4 Å². The Morgan fingerprint density at radius 3 is 2.45 bits per heavy atom. The van der Waals surface area contributed by atoms with Gasteiger partial charge in [-0.3, -0.25) is 0 Å². The number of nitrogens with one attached hydrogen (secondary N) is 1. The zero-order chi connectivity index (χ0) is 14.9. The molecule has 1 aromatic heterocycles. The molecular weight excluding hydrogens is 314 g/mol. The van der Waals surface area contributed by atoms with Crippen molar-refractivity contribution in [3.8, 4) is 0 Å². The van der Waals surface area contributed by atoms with Crippen LogP contribution in [0.4, 0.5) is 5.82 Å². The van der Waals surface area contributed by atoms with Crippen LogP contribution in [0.1, 0.15) is 40.2 Å². The van der Waals surface area contributed by atoms with Crippen LogP contribution in [0.5, 0.6) is 0 Å². The standard InChI is InChI=1S/C16H26BrN3/c1-11-9-20(10-12(11)2)15-13(6-14(17)8-18-15)7-19-16(3,4)5/h6,8,11-12,19H,7,9-10H2,1-5H3. The van der Waals surface area contributed by atoms with Crippen LogP contribution in [0.15, 0.2) is 16.7 Å². The summed E-state index contributed by atoms with van der Waals surface area (Å²) in [6.07, 6.45) is 1.91. The van der Waals surface area contributed by atoms with E-state index >= 15 is 0 Å². The molecule has 1 saturated heterocycles. The second-order valence-corrected chi connectivity index (χ2v) is 8.02. The Morgan fingerprint density at radius 1 is 1.30 bits per heavy atom. The molecule has 0 amide bonds. The van der Waals surface area contributed by atoms with E-state index in [-0.39, 0.29) is 5.54 Å². The molecule has 2 rings (SSSR count). The molecule has 1 aliphatic heterocycles. The van der Waals surface area contributed by atoms with Crippen molar-refractivity contribution >= 4 is 21.7 Å². The highest BCUT2D eigenvalue weighted by atomic mass is 79.9. The van der Waals surface area contributed by atoms with Crippen molar-refractivity contribution in [1.29, 1.82) is 0 Å². The number of hydrogen-bond acceptors (Lipinski definition) is 3. The molecule has 0 spiro atoms. The predicted molar refractivity (Wildman–Crippen MR) is 89.1 cm³/mol. The van der Waals surface area contributed by atoms with E-state index in [4.69, 9.17) is 0 Å². The first-order chi connectivity index (χ1) is 9.26. The zero-order valence-electron chi connectivity index (χ0n) is 13.2. The maximum Gasteiger partial charge on any atom is 0.133 e. The van der Waals surface area contributed by atoms with Crippen LogP contribution in [-0.2, 0) is 6.54 Å². The first kappa shape index (κ1) is 15.8.